The third-order valence-corrected chi connectivity index (χ3v) is 1.79. The van der Waals surface area contributed by atoms with Crippen LogP contribution in [-0.2, 0) is 4.79 Å². The summed E-state index contributed by atoms with van der Waals surface area (Å²) in [5.41, 5.74) is 0.392. The lowest BCUT2D eigenvalue weighted by molar-refractivity contribution is -0.385. The maximum absolute atomic E-state index is 10.9. The molecule has 1 amide bonds. The molecule has 0 bridgehead atoms. The normalized spacial score (nSPS) is 10.2. The van der Waals surface area contributed by atoms with Gasteiger partial charge >= 0.3 is 0 Å². The first kappa shape index (κ1) is 10.9. The SMILES string of the molecule is CNC(=O)C=Cc1ccccc1[N+](=O)[O-]. The van der Waals surface area contributed by atoms with Crippen molar-refractivity contribution in [2.24, 2.45) is 0 Å². The fourth-order valence-corrected chi connectivity index (χ4v) is 1.04. The molecule has 0 radical (unpaired) electrons. The molecule has 0 aliphatic heterocycles. The molecule has 1 N–H and O–H groups in total. The van der Waals surface area contributed by atoms with Gasteiger partial charge in [0.1, 0.15) is 0 Å². The highest BCUT2D eigenvalue weighted by Crippen LogP contribution is 2.18. The van der Waals surface area contributed by atoms with Crippen molar-refractivity contribution in [3.8, 4) is 0 Å². The Labute approximate surface area is 86.6 Å². The predicted octanol–water partition coefficient (Wildman–Crippen LogP) is 1.35. The number of carbonyl (C=O) groups excluding carboxylic acids is 1. The molecule has 0 aliphatic carbocycles. The number of likely N-dealkylation sites (N-methyl/N-ethyl adjacent to an activating group) is 1. The van der Waals surface area contributed by atoms with E-state index in [1.165, 1.54) is 25.3 Å². The lowest BCUT2D eigenvalue weighted by Crippen LogP contribution is -2.13. The Morgan fingerprint density at radius 3 is 2.73 bits per heavy atom. The Morgan fingerprint density at radius 1 is 1.47 bits per heavy atom. The van der Waals surface area contributed by atoms with Crippen LogP contribution in [0.4, 0.5) is 5.69 Å². The number of nitrogens with zero attached hydrogens (tertiary/aromatic N) is 1. The van der Waals surface area contributed by atoms with Crippen molar-refractivity contribution in [1.82, 2.24) is 5.32 Å². The molecule has 0 saturated heterocycles. The molecule has 1 aromatic carbocycles. The molecule has 0 spiro atoms. The first-order chi connectivity index (χ1) is 7.15. The molecule has 15 heavy (non-hydrogen) atoms. The average molecular weight is 206 g/mol. The summed E-state index contributed by atoms with van der Waals surface area (Å²) >= 11 is 0. The van der Waals surface area contributed by atoms with Crippen LogP contribution in [0.1, 0.15) is 5.56 Å². The Bertz CT molecular complexity index is 413. The highest BCUT2D eigenvalue weighted by molar-refractivity contribution is 5.92. The van der Waals surface area contributed by atoms with Gasteiger partial charge in [0.05, 0.1) is 10.5 Å². The second kappa shape index (κ2) is 4.90. The van der Waals surface area contributed by atoms with E-state index in [-0.39, 0.29) is 11.6 Å². The van der Waals surface area contributed by atoms with Crippen LogP contribution < -0.4 is 5.32 Å². The van der Waals surface area contributed by atoms with E-state index in [4.69, 9.17) is 0 Å². The molecule has 0 saturated carbocycles. The summed E-state index contributed by atoms with van der Waals surface area (Å²) in [7, 11) is 1.49. The van der Waals surface area contributed by atoms with Gasteiger partial charge in [0.15, 0.2) is 0 Å². The number of hydrogen-bond donors (Lipinski definition) is 1. The Morgan fingerprint density at radius 2 is 2.13 bits per heavy atom. The van der Waals surface area contributed by atoms with Gasteiger partial charge in [0, 0.05) is 19.2 Å². The van der Waals surface area contributed by atoms with Gasteiger partial charge in [-0.3, -0.25) is 14.9 Å². The third-order valence-electron chi connectivity index (χ3n) is 1.79. The van der Waals surface area contributed by atoms with E-state index in [1.54, 1.807) is 18.2 Å². The Balaban J connectivity index is 2.99. The van der Waals surface area contributed by atoms with Crippen LogP contribution >= 0.6 is 0 Å². The van der Waals surface area contributed by atoms with E-state index in [9.17, 15) is 14.9 Å². The van der Waals surface area contributed by atoms with Gasteiger partial charge in [-0.1, -0.05) is 12.1 Å². The maximum atomic E-state index is 10.9. The number of amides is 1. The van der Waals surface area contributed by atoms with E-state index in [0.29, 0.717) is 5.56 Å². The van der Waals surface area contributed by atoms with Crippen LogP contribution in [0.2, 0.25) is 0 Å². The Kier molecular flexibility index (Phi) is 3.56. The van der Waals surface area contributed by atoms with Gasteiger partial charge in [0.25, 0.3) is 5.69 Å². The average Bonchev–Trinajstić information content (AvgIpc) is 2.26. The number of nitro benzene ring substituents is 1. The first-order valence-electron chi connectivity index (χ1n) is 4.28. The lowest BCUT2D eigenvalue weighted by atomic mass is 10.1. The number of hydrogen-bond acceptors (Lipinski definition) is 3. The highest BCUT2D eigenvalue weighted by atomic mass is 16.6. The minimum Gasteiger partial charge on any atom is -0.356 e. The Hall–Kier alpha value is -2.17. The number of nitro groups is 1. The van der Waals surface area contributed by atoms with E-state index in [1.807, 2.05) is 0 Å². The molecule has 0 heterocycles. The molecule has 0 aliphatic rings. The molecule has 5 nitrogen and oxygen atoms in total. The number of benzene rings is 1. The van der Waals surface area contributed by atoms with Crippen molar-refractivity contribution in [3.05, 3.63) is 46.0 Å². The minimum absolute atomic E-state index is 0.0161. The number of rotatable bonds is 3. The number of nitrogens with one attached hydrogen (secondary N) is 1. The second-order valence-electron chi connectivity index (χ2n) is 2.76. The summed E-state index contributed by atoms with van der Waals surface area (Å²) in [5, 5.41) is 13.0. The summed E-state index contributed by atoms with van der Waals surface area (Å²) in [6.45, 7) is 0. The van der Waals surface area contributed by atoms with Gasteiger partial charge in [-0.2, -0.15) is 0 Å². The molecule has 0 aromatic heterocycles. The van der Waals surface area contributed by atoms with Gasteiger partial charge in [-0.05, 0) is 12.1 Å². The fraction of sp³-hybridized carbons (Fsp3) is 0.100. The zero-order valence-electron chi connectivity index (χ0n) is 8.14. The number of carbonyl (C=O) groups is 1. The lowest BCUT2D eigenvalue weighted by Gasteiger charge is -1.96. The van der Waals surface area contributed by atoms with Gasteiger partial charge in [-0.25, -0.2) is 0 Å². The molecular weight excluding hydrogens is 196 g/mol. The smallest absolute Gasteiger partial charge is 0.276 e. The van der Waals surface area contributed by atoms with Crippen LogP contribution in [0.15, 0.2) is 30.3 Å². The predicted molar refractivity (Wildman–Crippen MR) is 56.2 cm³/mol. The molecule has 0 atom stereocenters. The monoisotopic (exact) mass is 206 g/mol. The standard InChI is InChI=1S/C10H10N2O3/c1-11-10(13)7-6-8-4-2-3-5-9(8)12(14)15/h2-7H,1H3,(H,11,13). The van der Waals surface area contributed by atoms with Crippen LogP contribution in [0, 0.1) is 10.1 Å². The first-order valence-corrected chi connectivity index (χ1v) is 4.28. The summed E-state index contributed by atoms with van der Waals surface area (Å²) in [6, 6.07) is 6.23. The summed E-state index contributed by atoms with van der Waals surface area (Å²) < 4.78 is 0. The van der Waals surface area contributed by atoms with Crippen LogP contribution in [0.25, 0.3) is 6.08 Å². The molecule has 78 valence electrons. The molecule has 1 rings (SSSR count). The van der Waals surface area contributed by atoms with Gasteiger partial charge in [-0.15, -0.1) is 0 Å². The zero-order chi connectivity index (χ0) is 11.3. The van der Waals surface area contributed by atoms with Crippen LogP contribution in [0.5, 0.6) is 0 Å². The summed E-state index contributed by atoms with van der Waals surface area (Å²) in [5.74, 6) is -0.298. The second-order valence-corrected chi connectivity index (χ2v) is 2.76. The molecular formula is C10H10N2O3. The van der Waals surface area contributed by atoms with Crippen molar-refractivity contribution in [2.75, 3.05) is 7.05 Å². The van der Waals surface area contributed by atoms with Crippen molar-refractivity contribution in [3.63, 3.8) is 0 Å². The molecule has 1 aromatic rings. The molecule has 0 unspecified atom stereocenters. The fourth-order valence-electron chi connectivity index (χ4n) is 1.04. The van der Waals surface area contributed by atoms with E-state index < -0.39 is 4.92 Å². The third kappa shape index (κ3) is 2.91. The summed E-state index contributed by atoms with van der Waals surface area (Å²) in [4.78, 5) is 21.0. The quantitative estimate of drug-likeness (QED) is 0.461. The van der Waals surface area contributed by atoms with Crippen LogP contribution in [-0.4, -0.2) is 17.9 Å². The van der Waals surface area contributed by atoms with E-state index in [2.05, 4.69) is 5.32 Å². The zero-order valence-corrected chi connectivity index (χ0v) is 8.14. The van der Waals surface area contributed by atoms with Crippen molar-refractivity contribution in [1.29, 1.82) is 0 Å². The number of para-hydroxylation sites is 1. The topological polar surface area (TPSA) is 72.2 Å². The molecule has 0 fully saturated rings. The van der Waals surface area contributed by atoms with Crippen molar-refractivity contribution in [2.45, 2.75) is 0 Å². The van der Waals surface area contributed by atoms with Crippen LogP contribution in [0.3, 0.4) is 0 Å². The molecule has 5 heteroatoms. The largest absolute Gasteiger partial charge is 0.356 e. The van der Waals surface area contributed by atoms with Crippen molar-refractivity contribution >= 4 is 17.7 Å². The van der Waals surface area contributed by atoms with Gasteiger partial charge < -0.3 is 5.32 Å². The minimum atomic E-state index is -0.483. The van der Waals surface area contributed by atoms with Crippen molar-refractivity contribution < 1.29 is 9.72 Å². The van der Waals surface area contributed by atoms with E-state index >= 15 is 0 Å². The van der Waals surface area contributed by atoms with E-state index in [0.717, 1.165) is 0 Å². The van der Waals surface area contributed by atoms with Gasteiger partial charge in [0.2, 0.25) is 5.91 Å². The maximum Gasteiger partial charge on any atom is 0.276 e. The highest BCUT2D eigenvalue weighted by Gasteiger charge is 2.09. The summed E-state index contributed by atoms with van der Waals surface area (Å²) in [6.07, 6.45) is 2.67.